The van der Waals surface area contributed by atoms with Gasteiger partial charge in [-0.2, -0.15) is 4.98 Å². The second kappa shape index (κ2) is 8.61. The number of ether oxygens (including phenoxy) is 2. The molecule has 150 valence electrons. The molecule has 0 aliphatic rings. The second-order valence-corrected chi connectivity index (χ2v) is 7.83. The van der Waals surface area contributed by atoms with Crippen LogP contribution < -0.4 is 19.9 Å². The van der Waals surface area contributed by atoms with Crippen LogP contribution in [0.2, 0.25) is 0 Å². The van der Waals surface area contributed by atoms with Crippen molar-refractivity contribution < 1.29 is 28.1 Å². The minimum atomic E-state index is -4.20. The number of anilines is 2. The number of primary sulfonamides is 1. The van der Waals surface area contributed by atoms with E-state index < -0.39 is 32.9 Å². The smallest absolute Gasteiger partial charge is 0.245 e. The lowest BCUT2D eigenvalue weighted by Crippen LogP contribution is -2.27. The fourth-order valence-corrected chi connectivity index (χ4v) is 3.15. The van der Waals surface area contributed by atoms with Gasteiger partial charge in [-0.25, -0.2) is 18.5 Å². The Morgan fingerprint density at radius 1 is 1.43 bits per heavy atom. The molecule has 0 spiro atoms. The Balaban J connectivity index is 2.35. The number of nitrogens with zero attached hydrogens (tertiary/aromatic N) is 2. The van der Waals surface area contributed by atoms with Gasteiger partial charge >= 0.3 is 0 Å². The van der Waals surface area contributed by atoms with Crippen molar-refractivity contribution in [3.05, 3.63) is 22.8 Å². The zero-order valence-corrected chi connectivity index (χ0v) is 17.2. The van der Waals surface area contributed by atoms with E-state index in [1.165, 1.54) is 19.4 Å². The Kier molecular flexibility index (Phi) is 6.68. The number of aliphatic hydroxyl groups is 1. The number of aromatic nitrogens is 2. The number of methoxy groups -OCH3 is 1. The first kappa shape index (κ1) is 21.7. The SMILES string of the molecule is C#C[C@@H](O)[C@@H](C)Oc1nc(Nc2cc(O)c(S(N)(=O)=O)c(OC)c2)ncc1Br. The van der Waals surface area contributed by atoms with Gasteiger partial charge in [-0.1, -0.05) is 5.92 Å². The molecule has 10 nitrogen and oxygen atoms in total. The molecule has 0 radical (unpaired) electrons. The largest absolute Gasteiger partial charge is 0.506 e. The summed E-state index contributed by atoms with van der Waals surface area (Å²) in [7, 11) is -2.97. The van der Waals surface area contributed by atoms with Crippen LogP contribution in [0.1, 0.15) is 6.92 Å². The van der Waals surface area contributed by atoms with Gasteiger partial charge in [0.2, 0.25) is 21.9 Å². The van der Waals surface area contributed by atoms with E-state index in [9.17, 15) is 18.6 Å². The number of rotatable bonds is 7. The van der Waals surface area contributed by atoms with Crippen molar-refractivity contribution in [3.8, 4) is 29.7 Å². The molecule has 0 saturated heterocycles. The molecule has 2 aromatic rings. The Morgan fingerprint density at radius 2 is 2.11 bits per heavy atom. The number of halogens is 1. The summed E-state index contributed by atoms with van der Waals surface area (Å²) < 4.78 is 34.1. The van der Waals surface area contributed by atoms with Gasteiger partial charge in [0.15, 0.2) is 11.0 Å². The topological polar surface area (TPSA) is 157 Å². The van der Waals surface area contributed by atoms with Crippen LogP contribution in [0.5, 0.6) is 17.4 Å². The van der Waals surface area contributed by atoms with Crippen LogP contribution in [0.25, 0.3) is 0 Å². The standard InChI is InChI=1S/C16H17BrN4O6S/c1-4-11(22)8(2)27-15-10(17)7-19-16(21-15)20-9-5-12(23)14(28(18,24)25)13(6-9)26-3/h1,5-8,11,22-23H,2-3H3,(H2,18,24,25)(H,19,20,21)/t8-,11-/m1/s1. The van der Waals surface area contributed by atoms with Crippen molar-refractivity contribution >= 4 is 37.6 Å². The first-order chi connectivity index (χ1) is 13.1. The number of benzene rings is 1. The van der Waals surface area contributed by atoms with Gasteiger partial charge in [0.25, 0.3) is 0 Å². The van der Waals surface area contributed by atoms with Crippen molar-refractivity contribution in [2.75, 3.05) is 12.4 Å². The van der Waals surface area contributed by atoms with Gasteiger partial charge in [0, 0.05) is 17.8 Å². The number of hydrogen-bond acceptors (Lipinski definition) is 9. The summed E-state index contributed by atoms with van der Waals surface area (Å²) in [6.45, 7) is 1.57. The fourth-order valence-electron chi connectivity index (χ4n) is 2.10. The van der Waals surface area contributed by atoms with E-state index in [1.807, 2.05) is 0 Å². The van der Waals surface area contributed by atoms with Crippen molar-refractivity contribution in [3.63, 3.8) is 0 Å². The highest BCUT2D eigenvalue weighted by molar-refractivity contribution is 9.10. The fraction of sp³-hybridized carbons (Fsp3) is 0.250. The average molecular weight is 473 g/mol. The Morgan fingerprint density at radius 3 is 2.68 bits per heavy atom. The van der Waals surface area contributed by atoms with Crippen molar-refractivity contribution in [2.45, 2.75) is 24.0 Å². The summed E-state index contributed by atoms with van der Waals surface area (Å²) >= 11 is 3.23. The number of nitrogens with one attached hydrogen (secondary N) is 1. The van der Waals surface area contributed by atoms with Crippen LogP contribution >= 0.6 is 15.9 Å². The molecular formula is C16H17BrN4O6S. The lowest BCUT2D eigenvalue weighted by Gasteiger charge is -2.17. The number of phenolic OH excluding ortho intramolecular Hbond substituents is 1. The second-order valence-electron chi connectivity index (χ2n) is 5.48. The van der Waals surface area contributed by atoms with Crippen LogP contribution in [-0.2, 0) is 10.0 Å². The molecule has 1 aromatic heterocycles. The lowest BCUT2D eigenvalue weighted by molar-refractivity contribution is 0.0815. The van der Waals surface area contributed by atoms with E-state index in [0.29, 0.717) is 4.47 Å². The van der Waals surface area contributed by atoms with Gasteiger partial charge < -0.3 is 25.0 Å². The monoisotopic (exact) mass is 472 g/mol. The molecule has 0 aliphatic heterocycles. The summed E-state index contributed by atoms with van der Waals surface area (Å²) in [5.74, 6) is 1.55. The lowest BCUT2D eigenvalue weighted by atomic mass is 10.2. The number of sulfonamides is 1. The van der Waals surface area contributed by atoms with Crippen molar-refractivity contribution in [1.29, 1.82) is 0 Å². The average Bonchev–Trinajstić information content (AvgIpc) is 2.61. The molecule has 5 N–H and O–H groups in total. The summed E-state index contributed by atoms with van der Waals surface area (Å²) in [5, 5.41) is 27.5. The first-order valence-corrected chi connectivity index (χ1v) is 9.95. The van der Waals surface area contributed by atoms with E-state index in [1.54, 1.807) is 6.92 Å². The zero-order chi connectivity index (χ0) is 21.1. The molecule has 0 amide bonds. The third-order valence-electron chi connectivity index (χ3n) is 3.42. The van der Waals surface area contributed by atoms with Crippen LogP contribution in [0.15, 0.2) is 27.7 Å². The molecule has 1 heterocycles. The van der Waals surface area contributed by atoms with E-state index in [2.05, 4.69) is 37.1 Å². The maximum absolute atomic E-state index is 11.6. The number of terminal acetylenes is 1. The van der Waals surface area contributed by atoms with Crippen LogP contribution in [0, 0.1) is 12.3 Å². The van der Waals surface area contributed by atoms with Crippen molar-refractivity contribution in [1.82, 2.24) is 9.97 Å². The number of aliphatic hydroxyl groups excluding tert-OH is 1. The Bertz CT molecular complexity index is 1020. The number of phenols is 1. The molecule has 0 saturated carbocycles. The summed E-state index contributed by atoms with van der Waals surface area (Å²) in [6.07, 6.45) is 4.69. The molecule has 12 heteroatoms. The number of nitrogens with two attached hydrogens (primary N) is 1. The van der Waals surface area contributed by atoms with Crippen LogP contribution in [-0.4, -0.2) is 47.9 Å². The normalized spacial score (nSPS) is 13.3. The van der Waals surface area contributed by atoms with Crippen LogP contribution in [0.4, 0.5) is 11.6 Å². The van der Waals surface area contributed by atoms with E-state index >= 15 is 0 Å². The molecule has 1 aromatic carbocycles. The van der Waals surface area contributed by atoms with Gasteiger partial charge in [-0.3, -0.25) is 0 Å². The first-order valence-electron chi connectivity index (χ1n) is 7.61. The van der Waals surface area contributed by atoms with Crippen LogP contribution in [0.3, 0.4) is 0 Å². The van der Waals surface area contributed by atoms with Gasteiger partial charge in [-0.05, 0) is 22.9 Å². The van der Waals surface area contributed by atoms with E-state index in [4.69, 9.17) is 21.0 Å². The van der Waals surface area contributed by atoms with Gasteiger partial charge in [0.05, 0.1) is 17.8 Å². The highest BCUT2D eigenvalue weighted by Crippen LogP contribution is 2.36. The predicted molar refractivity (Wildman–Crippen MR) is 104 cm³/mol. The molecular weight excluding hydrogens is 456 g/mol. The summed E-state index contributed by atoms with van der Waals surface area (Å²) in [6, 6.07) is 2.43. The Hall–Kier alpha value is -2.59. The molecule has 2 rings (SSSR count). The highest BCUT2D eigenvalue weighted by Gasteiger charge is 2.22. The quantitative estimate of drug-likeness (QED) is 0.433. The van der Waals surface area contributed by atoms with E-state index in [0.717, 1.165) is 6.07 Å². The third kappa shape index (κ3) is 5.02. The maximum Gasteiger partial charge on any atom is 0.245 e. The molecule has 28 heavy (non-hydrogen) atoms. The third-order valence-corrected chi connectivity index (χ3v) is 4.94. The van der Waals surface area contributed by atoms with E-state index in [-0.39, 0.29) is 23.3 Å². The van der Waals surface area contributed by atoms with Gasteiger partial charge in [-0.15, -0.1) is 6.42 Å². The molecule has 0 unspecified atom stereocenters. The highest BCUT2D eigenvalue weighted by atomic mass is 79.9. The summed E-state index contributed by atoms with van der Waals surface area (Å²) in [4.78, 5) is 7.65. The summed E-state index contributed by atoms with van der Waals surface area (Å²) in [5.41, 5.74) is 0.228. The van der Waals surface area contributed by atoms with Gasteiger partial charge in [0.1, 0.15) is 17.6 Å². The molecule has 0 aliphatic carbocycles. The maximum atomic E-state index is 11.6. The molecule has 0 fully saturated rings. The molecule has 2 atom stereocenters. The Labute approximate surface area is 169 Å². The minimum Gasteiger partial charge on any atom is -0.506 e. The number of aromatic hydroxyl groups is 1. The number of hydrogen-bond donors (Lipinski definition) is 4. The predicted octanol–water partition coefficient (Wildman–Crippen LogP) is 1.11. The van der Waals surface area contributed by atoms with Crippen molar-refractivity contribution in [2.24, 2.45) is 5.14 Å². The zero-order valence-electron chi connectivity index (χ0n) is 14.7. The molecule has 0 bridgehead atoms. The minimum absolute atomic E-state index is 0.0606.